The largest absolute Gasteiger partial charge is 0.433 e. The lowest BCUT2D eigenvalue weighted by atomic mass is 9.78. The van der Waals surface area contributed by atoms with Gasteiger partial charge in [-0.15, -0.1) is 0 Å². The lowest BCUT2D eigenvalue weighted by Gasteiger charge is -2.40. The van der Waals surface area contributed by atoms with E-state index in [0.29, 0.717) is 16.9 Å². The number of carbonyl (C=O) groups excluding carboxylic acids is 1. The van der Waals surface area contributed by atoms with Crippen LogP contribution in [0.4, 0.5) is 23.2 Å². The van der Waals surface area contributed by atoms with E-state index in [0.717, 1.165) is 12.3 Å². The number of ether oxygens (including phenoxy) is 1. The number of aliphatic hydroxyl groups excluding tert-OH is 1. The zero-order chi connectivity index (χ0) is 24.9. The highest BCUT2D eigenvalue weighted by molar-refractivity contribution is 6.00. The highest BCUT2D eigenvalue weighted by Gasteiger charge is 2.48. The van der Waals surface area contributed by atoms with Gasteiger partial charge in [0.25, 0.3) is 0 Å². The van der Waals surface area contributed by atoms with E-state index in [1.165, 1.54) is 30.5 Å². The molecule has 1 aliphatic rings. The molecule has 0 spiro atoms. The van der Waals surface area contributed by atoms with Gasteiger partial charge < -0.3 is 15.2 Å². The number of hydrogen-bond donors (Lipinski definition) is 2. The van der Waals surface area contributed by atoms with E-state index in [1.54, 1.807) is 12.1 Å². The van der Waals surface area contributed by atoms with Gasteiger partial charge in [-0.25, -0.2) is 4.39 Å². The Morgan fingerprint density at radius 3 is 2.26 bits per heavy atom. The molecule has 0 unspecified atom stereocenters. The number of alkyl halides is 3. The van der Waals surface area contributed by atoms with Crippen molar-refractivity contribution in [2.24, 2.45) is 0 Å². The van der Waals surface area contributed by atoms with Crippen molar-refractivity contribution in [3.8, 4) is 11.3 Å². The summed E-state index contributed by atoms with van der Waals surface area (Å²) >= 11 is 0. The second kappa shape index (κ2) is 10.3. The fraction of sp³-hybridized carbons (Fsp3) is 0.292. The van der Waals surface area contributed by atoms with Gasteiger partial charge in [-0.3, -0.25) is 14.8 Å². The third-order valence-corrected chi connectivity index (χ3v) is 5.28. The van der Waals surface area contributed by atoms with Gasteiger partial charge in [0.2, 0.25) is 5.91 Å². The molecule has 180 valence electrons. The van der Waals surface area contributed by atoms with Gasteiger partial charge in [-0.05, 0) is 47.5 Å². The summed E-state index contributed by atoms with van der Waals surface area (Å²) < 4.78 is 57.0. The fourth-order valence-corrected chi connectivity index (χ4v) is 3.37. The number of nitrogens with one attached hydrogen (secondary N) is 1. The number of nitrogens with zero attached hydrogens (tertiary/aromatic N) is 2. The molecule has 2 aromatic heterocycles. The van der Waals surface area contributed by atoms with Crippen molar-refractivity contribution in [2.75, 3.05) is 18.5 Å². The zero-order valence-electron chi connectivity index (χ0n) is 18.5. The first-order valence-electron chi connectivity index (χ1n) is 10.5. The lowest BCUT2D eigenvalue weighted by Crippen LogP contribution is -2.55. The summed E-state index contributed by atoms with van der Waals surface area (Å²) in [6.07, 6.45) is -2.17. The SMILES string of the molecule is CC.O=C(Nc1ccc(F)cc1)C1(c2ccc(-c3cnc(C(F)(F)F)cc3CO)nc2)COC1. The van der Waals surface area contributed by atoms with Crippen molar-refractivity contribution in [3.63, 3.8) is 0 Å². The molecule has 3 aromatic rings. The maximum Gasteiger partial charge on any atom is 0.433 e. The molecule has 1 aliphatic heterocycles. The molecule has 0 atom stereocenters. The smallest absolute Gasteiger partial charge is 0.392 e. The summed E-state index contributed by atoms with van der Waals surface area (Å²) in [5.74, 6) is -0.776. The molecule has 3 heterocycles. The van der Waals surface area contributed by atoms with Gasteiger partial charge in [-0.1, -0.05) is 19.9 Å². The summed E-state index contributed by atoms with van der Waals surface area (Å²) in [7, 11) is 0. The van der Waals surface area contributed by atoms with Crippen LogP contribution in [0.1, 0.15) is 30.7 Å². The Bertz CT molecular complexity index is 1130. The normalized spacial score (nSPS) is 14.4. The van der Waals surface area contributed by atoms with Crippen molar-refractivity contribution in [2.45, 2.75) is 32.0 Å². The molecule has 2 N–H and O–H groups in total. The van der Waals surface area contributed by atoms with E-state index >= 15 is 0 Å². The van der Waals surface area contributed by atoms with E-state index in [4.69, 9.17) is 4.74 Å². The topological polar surface area (TPSA) is 84.3 Å². The van der Waals surface area contributed by atoms with Crippen LogP contribution in [0.25, 0.3) is 11.3 Å². The van der Waals surface area contributed by atoms with Gasteiger partial charge in [0.05, 0.1) is 25.5 Å². The minimum absolute atomic E-state index is 0.0309. The average Bonchev–Trinajstić information content (AvgIpc) is 2.80. The Hall–Kier alpha value is -3.37. The molecular formula is C24H23F4N3O3. The van der Waals surface area contributed by atoms with Crippen LogP contribution < -0.4 is 5.32 Å². The van der Waals surface area contributed by atoms with Crippen LogP contribution in [0.15, 0.2) is 54.9 Å². The zero-order valence-corrected chi connectivity index (χ0v) is 18.5. The Kier molecular flexibility index (Phi) is 7.63. The Labute approximate surface area is 193 Å². The number of halogens is 4. The van der Waals surface area contributed by atoms with E-state index < -0.39 is 29.7 Å². The Morgan fingerprint density at radius 2 is 1.76 bits per heavy atom. The number of aromatic nitrogens is 2. The summed E-state index contributed by atoms with van der Waals surface area (Å²) in [5.41, 5.74) is -0.547. The molecule has 10 heteroatoms. The fourth-order valence-electron chi connectivity index (χ4n) is 3.37. The first-order valence-corrected chi connectivity index (χ1v) is 10.5. The van der Waals surface area contributed by atoms with Crippen molar-refractivity contribution in [1.29, 1.82) is 0 Å². The van der Waals surface area contributed by atoms with E-state index in [2.05, 4.69) is 15.3 Å². The third-order valence-electron chi connectivity index (χ3n) is 5.28. The second-order valence-corrected chi connectivity index (χ2v) is 7.35. The molecule has 0 aliphatic carbocycles. The van der Waals surface area contributed by atoms with Gasteiger partial charge in [0.1, 0.15) is 16.9 Å². The molecular weight excluding hydrogens is 454 g/mol. The molecule has 1 aromatic carbocycles. The number of aliphatic hydroxyl groups is 1. The van der Waals surface area contributed by atoms with Crippen LogP contribution in [0.5, 0.6) is 0 Å². The maximum atomic E-state index is 13.1. The van der Waals surface area contributed by atoms with Crippen LogP contribution in [0.2, 0.25) is 0 Å². The van der Waals surface area contributed by atoms with Crippen molar-refractivity contribution in [3.05, 3.63) is 77.5 Å². The van der Waals surface area contributed by atoms with E-state index in [1.807, 2.05) is 13.8 Å². The molecule has 1 saturated heterocycles. The first kappa shape index (κ1) is 25.3. The highest BCUT2D eigenvalue weighted by Crippen LogP contribution is 2.35. The number of pyridine rings is 2. The third kappa shape index (κ3) is 5.07. The first-order chi connectivity index (χ1) is 16.2. The molecule has 1 amide bonds. The molecule has 6 nitrogen and oxygen atoms in total. The van der Waals surface area contributed by atoms with Crippen molar-refractivity contribution >= 4 is 11.6 Å². The Morgan fingerprint density at radius 1 is 1.09 bits per heavy atom. The predicted molar refractivity (Wildman–Crippen MR) is 117 cm³/mol. The standard InChI is InChI=1S/C22H17F4N3O3.C2H6/c23-15-2-4-16(5-3-15)29-20(31)21(11-32-12-21)14-1-6-18(27-8-14)17-9-28-19(22(24,25)26)7-13(17)10-30;1-2/h1-9,30H,10-12H2,(H,29,31);1-2H3. The number of benzene rings is 1. The summed E-state index contributed by atoms with van der Waals surface area (Å²) in [6.45, 7) is 3.61. The van der Waals surface area contributed by atoms with Gasteiger partial charge in [-0.2, -0.15) is 13.2 Å². The number of amides is 1. The monoisotopic (exact) mass is 477 g/mol. The van der Waals surface area contributed by atoms with Crippen molar-refractivity contribution in [1.82, 2.24) is 9.97 Å². The number of rotatable bonds is 5. The Balaban J connectivity index is 0.00000158. The van der Waals surface area contributed by atoms with Crippen LogP contribution >= 0.6 is 0 Å². The van der Waals surface area contributed by atoms with E-state index in [-0.39, 0.29) is 30.2 Å². The van der Waals surface area contributed by atoms with Crippen LogP contribution in [-0.2, 0) is 27.7 Å². The second-order valence-electron chi connectivity index (χ2n) is 7.35. The minimum atomic E-state index is -4.63. The maximum absolute atomic E-state index is 13.1. The number of carbonyl (C=O) groups is 1. The van der Waals surface area contributed by atoms with Crippen LogP contribution in [0, 0.1) is 5.82 Å². The van der Waals surface area contributed by atoms with Gasteiger partial charge >= 0.3 is 6.18 Å². The molecule has 4 rings (SSSR count). The average molecular weight is 477 g/mol. The minimum Gasteiger partial charge on any atom is -0.392 e. The molecule has 0 radical (unpaired) electrons. The van der Waals surface area contributed by atoms with Crippen LogP contribution in [-0.4, -0.2) is 34.2 Å². The lowest BCUT2D eigenvalue weighted by molar-refractivity contribution is -0.141. The highest BCUT2D eigenvalue weighted by atomic mass is 19.4. The van der Waals surface area contributed by atoms with Gasteiger partial charge in [0, 0.05) is 23.6 Å². The van der Waals surface area contributed by atoms with Crippen molar-refractivity contribution < 1.29 is 32.2 Å². The molecule has 34 heavy (non-hydrogen) atoms. The molecule has 0 saturated carbocycles. The predicted octanol–water partition coefficient (Wildman–Crippen LogP) is 4.73. The number of anilines is 1. The quantitative estimate of drug-likeness (QED) is 0.520. The molecule has 0 bridgehead atoms. The number of hydrogen-bond acceptors (Lipinski definition) is 5. The summed E-state index contributed by atoms with van der Waals surface area (Å²) in [5, 5.41) is 12.2. The van der Waals surface area contributed by atoms with E-state index in [9.17, 15) is 27.5 Å². The summed E-state index contributed by atoms with van der Waals surface area (Å²) in [6, 6.07) is 9.30. The molecule has 1 fully saturated rings. The van der Waals surface area contributed by atoms with Gasteiger partial charge in [0.15, 0.2) is 0 Å². The van der Waals surface area contributed by atoms with Crippen LogP contribution in [0.3, 0.4) is 0 Å². The summed E-state index contributed by atoms with van der Waals surface area (Å²) in [4.78, 5) is 20.6.